The summed E-state index contributed by atoms with van der Waals surface area (Å²) < 4.78 is 8.26. The fourth-order valence-corrected chi connectivity index (χ4v) is 3.31. The largest absolute Gasteiger partial charge is 0.491 e. The van der Waals surface area contributed by atoms with E-state index < -0.39 is 0 Å². The molecule has 2 aromatic rings. The molecule has 1 aromatic heterocycles. The number of thioether (sulfide) groups is 1. The Balaban J connectivity index is 2.08. The third-order valence-corrected chi connectivity index (χ3v) is 4.53. The predicted octanol–water partition coefficient (Wildman–Crippen LogP) is 5.54. The van der Waals surface area contributed by atoms with Gasteiger partial charge < -0.3 is 9.30 Å². The van der Waals surface area contributed by atoms with Gasteiger partial charge in [0.1, 0.15) is 5.03 Å². The average Bonchev–Trinajstić information content (AvgIpc) is 2.90. The zero-order chi connectivity index (χ0) is 15.1. The lowest BCUT2D eigenvalue weighted by atomic mass is 10.2. The Bertz CT molecular complexity index is 533. The van der Waals surface area contributed by atoms with Crippen LogP contribution in [0, 0.1) is 0 Å². The average molecular weight is 303 g/mol. The first kappa shape index (κ1) is 16.0. The Labute approximate surface area is 132 Å². The molecule has 0 aliphatic carbocycles. The fourth-order valence-electron chi connectivity index (χ4n) is 2.13. The molecule has 0 fully saturated rings. The van der Waals surface area contributed by atoms with Gasteiger partial charge in [-0.05, 0) is 31.9 Å². The summed E-state index contributed by atoms with van der Waals surface area (Å²) in [6, 6.07) is 13.1. The minimum absolute atomic E-state index is 0.451. The van der Waals surface area contributed by atoms with Gasteiger partial charge in [0, 0.05) is 18.0 Å². The number of hydrogen-bond donors (Lipinski definition) is 0. The summed E-state index contributed by atoms with van der Waals surface area (Å²) in [5, 5.41) is 1.24. The van der Waals surface area contributed by atoms with Crippen molar-refractivity contribution in [3.8, 4) is 5.75 Å². The highest BCUT2D eigenvalue weighted by Crippen LogP contribution is 2.35. The molecule has 0 radical (unpaired) electrons. The molecule has 1 aromatic carbocycles. The van der Waals surface area contributed by atoms with E-state index in [-0.39, 0.29) is 0 Å². The van der Waals surface area contributed by atoms with E-state index in [1.807, 2.05) is 11.8 Å². The standard InChI is InChI=1S/C18H25NOS/c1-4-5-13-20-17-11-12-19(15(2)3)18(17)21-14-16-9-7-6-8-10-16/h6-12,15H,4-5,13-14H2,1-3H3. The summed E-state index contributed by atoms with van der Waals surface area (Å²) in [5.74, 6) is 2.00. The van der Waals surface area contributed by atoms with E-state index in [4.69, 9.17) is 4.74 Å². The van der Waals surface area contributed by atoms with E-state index in [1.54, 1.807) is 0 Å². The van der Waals surface area contributed by atoms with Crippen molar-refractivity contribution < 1.29 is 4.74 Å². The molecule has 0 N–H and O–H groups in total. The first-order valence-corrected chi connectivity index (χ1v) is 8.71. The fraction of sp³-hybridized carbons (Fsp3) is 0.444. The minimum Gasteiger partial charge on any atom is -0.491 e. The van der Waals surface area contributed by atoms with Crippen LogP contribution in [0.2, 0.25) is 0 Å². The monoisotopic (exact) mass is 303 g/mol. The Morgan fingerprint density at radius 2 is 1.90 bits per heavy atom. The van der Waals surface area contributed by atoms with Crippen molar-refractivity contribution in [3.05, 3.63) is 48.2 Å². The Hall–Kier alpha value is -1.35. The highest BCUT2D eigenvalue weighted by Gasteiger charge is 2.13. The van der Waals surface area contributed by atoms with Gasteiger partial charge in [-0.1, -0.05) is 55.4 Å². The maximum atomic E-state index is 5.96. The van der Waals surface area contributed by atoms with E-state index in [0.717, 1.165) is 31.0 Å². The van der Waals surface area contributed by atoms with Gasteiger partial charge >= 0.3 is 0 Å². The SMILES string of the molecule is CCCCOc1ccn(C(C)C)c1SCc1ccccc1. The summed E-state index contributed by atoms with van der Waals surface area (Å²) in [7, 11) is 0. The highest BCUT2D eigenvalue weighted by atomic mass is 32.2. The van der Waals surface area contributed by atoms with Crippen molar-refractivity contribution in [2.75, 3.05) is 6.61 Å². The maximum Gasteiger partial charge on any atom is 0.151 e. The highest BCUT2D eigenvalue weighted by molar-refractivity contribution is 7.98. The van der Waals surface area contributed by atoms with Crippen LogP contribution in [0.5, 0.6) is 5.75 Å². The van der Waals surface area contributed by atoms with Gasteiger partial charge in [0.05, 0.1) is 6.61 Å². The number of aromatic nitrogens is 1. The number of benzene rings is 1. The molecule has 1 heterocycles. The zero-order valence-corrected chi connectivity index (χ0v) is 14.0. The van der Waals surface area contributed by atoms with Gasteiger partial charge in [-0.25, -0.2) is 0 Å². The van der Waals surface area contributed by atoms with Crippen LogP contribution in [0.3, 0.4) is 0 Å². The second-order valence-electron chi connectivity index (χ2n) is 5.46. The number of hydrogen-bond acceptors (Lipinski definition) is 2. The van der Waals surface area contributed by atoms with Crippen LogP contribution in [0.15, 0.2) is 47.6 Å². The summed E-state index contributed by atoms with van der Waals surface area (Å²) >= 11 is 1.86. The first-order chi connectivity index (χ1) is 10.2. The minimum atomic E-state index is 0.451. The van der Waals surface area contributed by atoms with Crippen molar-refractivity contribution >= 4 is 11.8 Å². The van der Waals surface area contributed by atoms with Crippen LogP contribution in [0.25, 0.3) is 0 Å². The normalized spacial score (nSPS) is 11.0. The molecule has 0 atom stereocenters. The van der Waals surface area contributed by atoms with Crippen molar-refractivity contribution in [1.82, 2.24) is 4.57 Å². The molecule has 0 amide bonds. The summed E-state index contributed by atoms with van der Waals surface area (Å²) in [6.07, 6.45) is 4.41. The van der Waals surface area contributed by atoms with E-state index in [2.05, 4.69) is 67.9 Å². The topological polar surface area (TPSA) is 14.2 Å². The second-order valence-corrected chi connectivity index (χ2v) is 6.43. The molecule has 0 spiro atoms. The lowest BCUT2D eigenvalue weighted by Crippen LogP contribution is -2.02. The molecule has 2 rings (SSSR count). The van der Waals surface area contributed by atoms with Crippen LogP contribution in [0.1, 0.15) is 45.2 Å². The van der Waals surface area contributed by atoms with Crippen LogP contribution in [-0.2, 0) is 5.75 Å². The van der Waals surface area contributed by atoms with Crippen LogP contribution in [0.4, 0.5) is 0 Å². The van der Waals surface area contributed by atoms with Gasteiger partial charge in [-0.3, -0.25) is 0 Å². The number of rotatable bonds is 8. The lowest BCUT2D eigenvalue weighted by Gasteiger charge is -2.14. The predicted molar refractivity (Wildman–Crippen MR) is 91.2 cm³/mol. The Morgan fingerprint density at radius 1 is 1.14 bits per heavy atom. The van der Waals surface area contributed by atoms with Crippen molar-refractivity contribution in [2.45, 2.75) is 50.4 Å². The van der Waals surface area contributed by atoms with Crippen molar-refractivity contribution in [2.24, 2.45) is 0 Å². The van der Waals surface area contributed by atoms with Crippen LogP contribution >= 0.6 is 11.8 Å². The Kier molecular flexibility index (Phi) is 6.24. The second kappa shape index (κ2) is 8.18. The third-order valence-electron chi connectivity index (χ3n) is 3.36. The molecular formula is C18H25NOS. The van der Waals surface area contributed by atoms with Gasteiger partial charge in [0.25, 0.3) is 0 Å². The molecule has 114 valence electrons. The summed E-state index contributed by atoms with van der Waals surface area (Å²) in [6.45, 7) is 7.41. The van der Waals surface area contributed by atoms with Gasteiger partial charge in [0.2, 0.25) is 0 Å². The number of unbranched alkanes of at least 4 members (excludes halogenated alkanes) is 1. The number of ether oxygens (including phenoxy) is 1. The van der Waals surface area contributed by atoms with Crippen molar-refractivity contribution in [1.29, 1.82) is 0 Å². The molecular weight excluding hydrogens is 278 g/mol. The van der Waals surface area contributed by atoms with Gasteiger partial charge in [-0.15, -0.1) is 0 Å². The molecule has 0 aliphatic heterocycles. The number of nitrogens with zero attached hydrogens (tertiary/aromatic N) is 1. The van der Waals surface area contributed by atoms with Gasteiger partial charge in [-0.2, -0.15) is 0 Å². The smallest absolute Gasteiger partial charge is 0.151 e. The molecule has 0 bridgehead atoms. The van der Waals surface area contributed by atoms with E-state index in [0.29, 0.717) is 6.04 Å². The molecule has 3 heteroatoms. The van der Waals surface area contributed by atoms with Crippen molar-refractivity contribution in [3.63, 3.8) is 0 Å². The summed E-state index contributed by atoms with van der Waals surface area (Å²) in [5.41, 5.74) is 1.35. The summed E-state index contributed by atoms with van der Waals surface area (Å²) in [4.78, 5) is 0. The Morgan fingerprint density at radius 3 is 2.57 bits per heavy atom. The van der Waals surface area contributed by atoms with Crippen LogP contribution < -0.4 is 4.74 Å². The van der Waals surface area contributed by atoms with E-state index in [1.165, 1.54) is 10.6 Å². The van der Waals surface area contributed by atoms with Crippen LogP contribution in [-0.4, -0.2) is 11.2 Å². The lowest BCUT2D eigenvalue weighted by molar-refractivity contribution is 0.299. The molecule has 0 unspecified atom stereocenters. The zero-order valence-electron chi connectivity index (χ0n) is 13.2. The first-order valence-electron chi connectivity index (χ1n) is 7.72. The molecule has 2 nitrogen and oxygen atoms in total. The molecule has 0 aliphatic rings. The quantitative estimate of drug-likeness (QED) is 0.469. The molecule has 21 heavy (non-hydrogen) atoms. The van der Waals surface area contributed by atoms with E-state index in [9.17, 15) is 0 Å². The van der Waals surface area contributed by atoms with Gasteiger partial charge in [0.15, 0.2) is 5.75 Å². The maximum absolute atomic E-state index is 5.96. The molecule has 0 saturated heterocycles. The molecule has 0 saturated carbocycles. The van der Waals surface area contributed by atoms with E-state index >= 15 is 0 Å². The third kappa shape index (κ3) is 4.57.